The van der Waals surface area contributed by atoms with Crippen molar-refractivity contribution >= 4 is 50.3 Å². The van der Waals surface area contributed by atoms with Crippen LogP contribution >= 0.6 is 15.9 Å². The average molecular weight is 615 g/mol. The zero-order valence-electron chi connectivity index (χ0n) is 22.3. The smallest absolute Gasteiger partial charge is 0.308 e. The highest BCUT2D eigenvalue weighted by Gasteiger charge is 2.36. The third-order valence-corrected chi connectivity index (χ3v) is 8.54. The number of aromatic nitrogens is 1. The Morgan fingerprint density at radius 3 is 2.65 bits per heavy atom. The number of aromatic amines is 1. The van der Waals surface area contributed by atoms with Crippen LogP contribution in [0.15, 0.2) is 53.1 Å². The third-order valence-electron chi connectivity index (χ3n) is 7.89. The molecule has 1 saturated heterocycles. The van der Waals surface area contributed by atoms with E-state index in [4.69, 9.17) is 9.47 Å². The Bertz CT molecular complexity index is 1390. The second-order valence-corrected chi connectivity index (χ2v) is 11.4. The Morgan fingerprint density at radius 2 is 1.90 bits per heavy atom. The maximum absolute atomic E-state index is 14.4. The van der Waals surface area contributed by atoms with Crippen molar-refractivity contribution in [2.45, 2.75) is 56.8 Å². The van der Waals surface area contributed by atoms with E-state index in [2.05, 4.69) is 26.2 Å². The molecule has 0 unspecified atom stereocenters. The summed E-state index contributed by atoms with van der Waals surface area (Å²) < 4.78 is 25.9. The minimum Gasteiger partial charge on any atom is -0.469 e. The van der Waals surface area contributed by atoms with Gasteiger partial charge >= 0.3 is 5.97 Å². The van der Waals surface area contributed by atoms with Crippen LogP contribution in [-0.2, 0) is 25.5 Å². The van der Waals surface area contributed by atoms with E-state index in [9.17, 15) is 18.8 Å². The number of halogens is 2. The number of esters is 1. The van der Waals surface area contributed by atoms with Gasteiger partial charge in [-0.3, -0.25) is 14.4 Å². The number of methoxy groups -OCH3 is 1. The van der Waals surface area contributed by atoms with Gasteiger partial charge in [0.25, 0.3) is 5.91 Å². The quantitative estimate of drug-likeness (QED) is 0.331. The molecule has 2 aromatic carbocycles. The van der Waals surface area contributed by atoms with Crippen molar-refractivity contribution in [1.29, 1.82) is 0 Å². The van der Waals surface area contributed by atoms with E-state index in [0.29, 0.717) is 28.6 Å². The first-order chi connectivity index (χ1) is 19.3. The lowest BCUT2D eigenvalue weighted by Crippen LogP contribution is -2.40. The molecular formula is C30H33BrFN3O5. The fourth-order valence-electron chi connectivity index (χ4n) is 5.70. The van der Waals surface area contributed by atoms with Crippen LogP contribution in [0.5, 0.6) is 0 Å². The summed E-state index contributed by atoms with van der Waals surface area (Å²) in [6.07, 6.45) is 3.89. The van der Waals surface area contributed by atoms with Crippen LogP contribution in [0.25, 0.3) is 10.9 Å². The summed E-state index contributed by atoms with van der Waals surface area (Å²) in [7, 11) is 1.40. The number of H-pyrrole nitrogens is 1. The zero-order chi connectivity index (χ0) is 28.2. The van der Waals surface area contributed by atoms with Gasteiger partial charge in [-0.15, -0.1) is 0 Å². The normalized spacial score (nSPS) is 22.8. The van der Waals surface area contributed by atoms with Crippen LogP contribution in [0, 0.1) is 5.92 Å². The van der Waals surface area contributed by atoms with Gasteiger partial charge in [0, 0.05) is 28.0 Å². The van der Waals surface area contributed by atoms with E-state index in [0.717, 1.165) is 29.3 Å². The van der Waals surface area contributed by atoms with E-state index >= 15 is 0 Å². The summed E-state index contributed by atoms with van der Waals surface area (Å²) >= 11 is 3.51. The number of carbonyl (C=O) groups is 3. The first-order valence-electron chi connectivity index (χ1n) is 13.6. The maximum Gasteiger partial charge on any atom is 0.308 e. The van der Waals surface area contributed by atoms with Gasteiger partial charge in [-0.2, -0.15) is 0 Å². The molecule has 0 radical (unpaired) electrons. The molecule has 2 amide bonds. The van der Waals surface area contributed by atoms with Gasteiger partial charge in [-0.1, -0.05) is 24.3 Å². The molecule has 5 rings (SSSR count). The number of amides is 2. The summed E-state index contributed by atoms with van der Waals surface area (Å²) in [4.78, 5) is 42.5. The van der Waals surface area contributed by atoms with Gasteiger partial charge in [0.2, 0.25) is 5.91 Å². The zero-order valence-corrected chi connectivity index (χ0v) is 23.9. The lowest BCUT2D eigenvalue weighted by atomic mass is 9.87. The molecule has 10 heteroatoms. The molecule has 8 nitrogen and oxygen atoms in total. The molecule has 40 heavy (non-hydrogen) atoms. The van der Waals surface area contributed by atoms with Gasteiger partial charge in [-0.05, 0) is 65.4 Å². The molecule has 2 atom stereocenters. The SMILES string of the molecule is COC(=O)[C@H]1CC[C@H](OC[C@@H]2C[C@H](F)CN2C(=O)Cc2ccc(NC(=O)c3c[nH]c4ccccc34)c(Br)c2)CC1. The number of para-hydroxylation sites is 1. The molecular weight excluding hydrogens is 581 g/mol. The van der Waals surface area contributed by atoms with E-state index in [-0.39, 0.29) is 61.8 Å². The summed E-state index contributed by atoms with van der Waals surface area (Å²) in [6, 6.07) is 12.6. The number of nitrogens with one attached hydrogen (secondary N) is 2. The minimum absolute atomic E-state index is 0.000476. The number of nitrogens with zero attached hydrogens (tertiary/aromatic N) is 1. The standard InChI is InChI=1S/C30H33BrFN3O5/c1-39-30(38)19-7-9-22(10-8-19)40-17-21-14-20(32)16-35(21)28(36)13-18-6-11-27(25(31)12-18)34-29(37)24-15-33-26-5-3-2-4-23(24)26/h2-6,11-12,15,19-22,33H,7-10,13-14,16-17H2,1H3,(H,34,37)/t19-,20-,21-,22-/m0/s1. The highest BCUT2D eigenvalue weighted by atomic mass is 79.9. The fourth-order valence-corrected chi connectivity index (χ4v) is 6.22. The average Bonchev–Trinajstić information content (AvgIpc) is 3.56. The Morgan fingerprint density at radius 1 is 1.12 bits per heavy atom. The highest BCUT2D eigenvalue weighted by molar-refractivity contribution is 9.10. The molecule has 1 aliphatic carbocycles. The fraction of sp³-hybridized carbons (Fsp3) is 0.433. The maximum atomic E-state index is 14.4. The molecule has 2 fully saturated rings. The molecule has 2 heterocycles. The minimum atomic E-state index is -1.08. The molecule has 0 spiro atoms. The molecule has 1 aliphatic heterocycles. The predicted molar refractivity (Wildman–Crippen MR) is 153 cm³/mol. The van der Waals surface area contributed by atoms with Gasteiger partial charge < -0.3 is 24.7 Å². The van der Waals surface area contributed by atoms with Crippen molar-refractivity contribution < 1.29 is 28.2 Å². The van der Waals surface area contributed by atoms with Gasteiger partial charge in [-0.25, -0.2) is 4.39 Å². The number of benzene rings is 2. The molecule has 212 valence electrons. The van der Waals surface area contributed by atoms with E-state index in [1.54, 1.807) is 29.3 Å². The summed E-state index contributed by atoms with van der Waals surface area (Å²) in [5.41, 5.74) is 2.77. The number of rotatable bonds is 8. The molecule has 0 bridgehead atoms. The number of ether oxygens (including phenoxy) is 2. The second-order valence-electron chi connectivity index (χ2n) is 10.6. The number of hydrogen-bond donors (Lipinski definition) is 2. The Hall–Kier alpha value is -3.24. The molecule has 1 aromatic heterocycles. The van der Waals surface area contributed by atoms with Crippen LogP contribution in [0.4, 0.5) is 10.1 Å². The van der Waals surface area contributed by atoms with Crippen LogP contribution in [0.3, 0.4) is 0 Å². The second kappa shape index (κ2) is 12.5. The van der Waals surface area contributed by atoms with Crippen molar-refractivity contribution in [1.82, 2.24) is 9.88 Å². The van der Waals surface area contributed by atoms with Crippen molar-refractivity contribution in [3.8, 4) is 0 Å². The molecule has 2 N–H and O–H groups in total. The Balaban J connectivity index is 1.16. The van der Waals surface area contributed by atoms with E-state index < -0.39 is 6.17 Å². The third kappa shape index (κ3) is 6.39. The molecule has 3 aromatic rings. The highest BCUT2D eigenvalue weighted by Crippen LogP contribution is 2.30. The van der Waals surface area contributed by atoms with Crippen LogP contribution < -0.4 is 5.32 Å². The summed E-state index contributed by atoms with van der Waals surface area (Å²) in [6.45, 7) is 0.337. The van der Waals surface area contributed by atoms with Crippen LogP contribution in [0.1, 0.15) is 48.0 Å². The summed E-state index contributed by atoms with van der Waals surface area (Å²) in [5, 5.41) is 3.76. The monoisotopic (exact) mass is 613 g/mol. The predicted octanol–water partition coefficient (Wildman–Crippen LogP) is 5.41. The van der Waals surface area contributed by atoms with Crippen molar-refractivity contribution in [2.75, 3.05) is 25.6 Å². The summed E-state index contributed by atoms with van der Waals surface area (Å²) in [5.74, 6) is -0.667. The van der Waals surface area contributed by atoms with Crippen LogP contribution in [0.2, 0.25) is 0 Å². The van der Waals surface area contributed by atoms with Gasteiger partial charge in [0.15, 0.2) is 0 Å². The van der Waals surface area contributed by atoms with Gasteiger partial charge in [0.05, 0.1) is 56.0 Å². The van der Waals surface area contributed by atoms with Crippen molar-refractivity contribution in [2.24, 2.45) is 5.92 Å². The molecule has 2 aliphatic rings. The lowest BCUT2D eigenvalue weighted by molar-refractivity contribution is -0.148. The van der Waals surface area contributed by atoms with Crippen molar-refractivity contribution in [3.63, 3.8) is 0 Å². The Labute approximate surface area is 240 Å². The number of alkyl halides is 1. The van der Waals surface area contributed by atoms with Crippen molar-refractivity contribution in [3.05, 3.63) is 64.3 Å². The molecule has 1 saturated carbocycles. The first kappa shape index (κ1) is 28.3. The first-order valence-corrected chi connectivity index (χ1v) is 14.4. The number of hydrogen-bond acceptors (Lipinski definition) is 5. The Kier molecular flexibility index (Phi) is 8.85. The number of fused-ring (bicyclic) bond motifs is 1. The van der Waals surface area contributed by atoms with E-state index in [1.165, 1.54) is 7.11 Å². The topological polar surface area (TPSA) is 101 Å². The van der Waals surface area contributed by atoms with Crippen LogP contribution in [-0.4, -0.2) is 66.2 Å². The number of carbonyl (C=O) groups excluding carboxylic acids is 3. The van der Waals surface area contributed by atoms with E-state index in [1.807, 2.05) is 24.3 Å². The largest absolute Gasteiger partial charge is 0.469 e. The number of likely N-dealkylation sites (tertiary alicyclic amines) is 1. The number of anilines is 1. The van der Waals surface area contributed by atoms with Gasteiger partial charge in [0.1, 0.15) is 6.17 Å². The lowest BCUT2D eigenvalue weighted by Gasteiger charge is -2.30.